The third-order valence-corrected chi connectivity index (χ3v) is 4.35. The van der Waals surface area contributed by atoms with E-state index in [1.165, 1.54) is 12.8 Å². The second-order valence-corrected chi connectivity index (χ2v) is 6.49. The van der Waals surface area contributed by atoms with E-state index in [1.54, 1.807) is 0 Å². The summed E-state index contributed by atoms with van der Waals surface area (Å²) in [5, 5.41) is 0. The van der Waals surface area contributed by atoms with Crippen LogP contribution in [0.1, 0.15) is 45.1 Å². The Bertz CT molecular complexity index is 493. The van der Waals surface area contributed by atoms with Gasteiger partial charge in [0.15, 0.2) is 11.5 Å². The lowest BCUT2D eigenvalue weighted by Gasteiger charge is -2.28. The average molecular weight is 291 g/mol. The van der Waals surface area contributed by atoms with E-state index in [9.17, 15) is 0 Å². The van der Waals surface area contributed by atoms with Crippen LogP contribution >= 0.6 is 0 Å². The van der Waals surface area contributed by atoms with Gasteiger partial charge in [0.1, 0.15) is 5.75 Å². The van der Waals surface area contributed by atoms with E-state index in [4.69, 9.17) is 19.9 Å². The SMILES string of the molecule is CC(N)Cc1cc2c(cc1OC1CCC(C)CC1)OCO2. The molecule has 0 saturated heterocycles. The van der Waals surface area contributed by atoms with Gasteiger partial charge < -0.3 is 19.9 Å². The van der Waals surface area contributed by atoms with Crippen LogP contribution in [-0.2, 0) is 6.42 Å². The average Bonchev–Trinajstić information content (AvgIpc) is 2.88. The van der Waals surface area contributed by atoms with Crippen LogP contribution < -0.4 is 19.9 Å². The van der Waals surface area contributed by atoms with Crippen molar-refractivity contribution in [1.82, 2.24) is 0 Å². The van der Waals surface area contributed by atoms with Crippen LogP contribution in [-0.4, -0.2) is 18.9 Å². The highest BCUT2D eigenvalue weighted by molar-refractivity contribution is 5.52. The van der Waals surface area contributed by atoms with E-state index in [1.807, 2.05) is 19.1 Å². The number of rotatable bonds is 4. The second-order valence-electron chi connectivity index (χ2n) is 6.49. The molecule has 1 unspecified atom stereocenters. The quantitative estimate of drug-likeness (QED) is 0.925. The summed E-state index contributed by atoms with van der Waals surface area (Å²) in [7, 11) is 0. The fourth-order valence-corrected chi connectivity index (χ4v) is 3.11. The van der Waals surface area contributed by atoms with E-state index in [0.29, 0.717) is 6.10 Å². The molecule has 4 nitrogen and oxygen atoms in total. The molecule has 0 bridgehead atoms. The molecule has 1 aliphatic heterocycles. The maximum atomic E-state index is 6.27. The monoisotopic (exact) mass is 291 g/mol. The van der Waals surface area contributed by atoms with Gasteiger partial charge in [-0.25, -0.2) is 0 Å². The van der Waals surface area contributed by atoms with Crippen LogP contribution in [0.3, 0.4) is 0 Å². The first-order valence-electron chi connectivity index (χ1n) is 7.96. The minimum Gasteiger partial charge on any atom is -0.490 e. The summed E-state index contributed by atoms with van der Waals surface area (Å²) in [6.07, 6.45) is 5.86. The molecule has 1 aliphatic carbocycles. The van der Waals surface area contributed by atoms with Gasteiger partial charge in [0, 0.05) is 12.1 Å². The number of benzene rings is 1. The summed E-state index contributed by atoms with van der Waals surface area (Å²) in [4.78, 5) is 0. The number of hydrogen-bond acceptors (Lipinski definition) is 4. The Balaban J connectivity index is 1.78. The van der Waals surface area contributed by atoms with Crippen molar-refractivity contribution in [2.75, 3.05) is 6.79 Å². The van der Waals surface area contributed by atoms with Gasteiger partial charge in [0.2, 0.25) is 6.79 Å². The highest BCUT2D eigenvalue weighted by Gasteiger charge is 2.23. The van der Waals surface area contributed by atoms with Crippen LogP contribution in [0.4, 0.5) is 0 Å². The van der Waals surface area contributed by atoms with Crippen molar-refractivity contribution in [3.63, 3.8) is 0 Å². The van der Waals surface area contributed by atoms with Crippen molar-refractivity contribution in [3.05, 3.63) is 17.7 Å². The first-order valence-corrected chi connectivity index (χ1v) is 7.96. The lowest BCUT2D eigenvalue weighted by atomic mass is 9.89. The molecule has 4 heteroatoms. The number of ether oxygens (including phenoxy) is 3. The number of fused-ring (bicyclic) bond motifs is 1. The molecule has 0 amide bonds. The molecule has 0 spiro atoms. The highest BCUT2D eigenvalue weighted by Crippen LogP contribution is 2.40. The number of nitrogens with two attached hydrogens (primary N) is 1. The fourth-order valence-electron chi connectivity index (χ4n) is 3.11. The van der Waals surface area contributed by atoms with Gasteiger partial charge >= 0.3 is 0 Å². The summed E-state index contributed by atoms with van der Waals surface area (Å²) in [6, 6.07) is 4.09. The Labute approximate surface area is 126 Å². The Morgan fingerprint density at radius 1 is 1.19 bits per heavy atom. The Morgan fingerprint density at radius 3 is 2.52 bits per heavy atom. The Kier molecular flexibility index (Phi) is 4.24. The summed E-state index contributed by atoms with van der Waals surface area (Å²) >= 11 is 0. The van der Waals surface area contributed by atoms with Crippen LogP contribution in [0.25, 0.3) is 0 Å². The van der Waals surface area contributed by atoms with Gasteiger partial charge in [0.05, 0.1) is 6.10 Å². The molecule has 0 aromatic heterocycles. The van der Waals surface area contributed by atoms with E-state index in [0.717, 1.165) is 48.0 Å². The topological polar surface area (TPSA) is 53.7 Å². The normalized spacial score (nSPS) is 25.7. The summed E-state index contributed by atoms with van der Waals surface area (Å²) in [5.41, 5.74) is 7.08. The van der Waals surface area contributed by atoms with Gasteiger partial charge in [-0.2, -0.15) is 0 Å². The van der Waals surface area contributed by atoms with Gasteiger partial charge in [-0.1, -0.05) is 6.92 Å². The zero-order valence-corrected chi connectivity index (χ0v) is 12.9. The zero-order valence-electron chi connectivity index (χ0n) is 12.9. The third-order valence-electron chi connectivity index (χ3n) is 4.35. The van der Waals surface area contributed by atoms with Gasteiger partial charge in [-0.05, 0) is 56.6 Å². The zero-order chi connectivity index (χ0) is 14.8. The van der Waals surface area contributed by atoms with Crippen molar-refractivity contribution < 1.29 is 14.2 Å². The van der Waals surface area contributed by atoms with Crippen molar-refractivity contribution >= 4 is 0 Å². The molecule has 0 radical (unpaired) electrons. The maximum Gasteiger partial charge on any atom is 0.231 e. The van der Waals surface area contributed by atoms with Gasteiger partial charge in [0.25, 0.3) is 0 Å². The lowest BCUT2D eigenvalue weighted by Crippen LogP contribution is -2.24. The minimum atomic E-state index is 0.0964. The molecule has 2 aliphatic rings. The first-order chi connectivity index (χ1) is 10.1. The highest BCUT2D eigenvalue weighted by atomic mass is 16.7. The van der Waals surface area contributed by atoms with Crippen LogP contribution in [0.5, 0.6) is 17.2 Å². The second kappa shape index (κ2) is 6.14. The third kappa shape index (κ3) is 3.43. The van der Waals surface area contributed by atoms with E-state index < -0.39 is 0 Å². The maximum absolute atomic E-state index is 6.27. The molecule has 3 rings (SSSR count). The molecule has 1 aromatic carbocycles. The molecule has 1 heterocycles. The molecule has 1 atom stereocenters. The van der Waals surface area contributed by atoms with Crippen molar-refractivity contribution in [1.29, 1.82) is 0 Å². The Morgan fingerprint density at radius 2 is 1.86 bits per heavy atom. The molecular weight excluding hydrogens is 266 g/mol. The van der Waals surface area contributed by atoms with Crippen LogP contribution in [0.15, 0.2) is 12.1 Å². The summed E-state index contributed by atoms with van der Waals surface area (Å²) < 4.78 is 17.2. The van der Waals surface area contributed by atoms with E-state index >= 15 is 0 Å². The van der Waals surface area contributed by atoms with Crippen LogP contribution in [0.2, 0.25) is 0 Å². The molecule has 1 fully saturated rings. The molecule has 116 valence electrons. The van der Waals surface area contributed by atoms with Crippen molar-refractivity contribution in [2.45, 2.75) is 58.1 Å². The van der Waals surface area contributed by atoms with Crippen molar-refractivity contribution in [2.24, 2.45) is 11.7 Å². The summed E-state index contributed by atoms with van der Waals surface area (Å²) in [5.74, 6) is 3.32. The largest absolute Gasteiger partial charge is 0.490 e. The smallest absolute Gasteiger partial charge is 0.231 e. The number of hydrogen-bond donors (Lipinski definition) is 1. The standard InChI is InChI=1S/C17H25NO3/c1-11-3-5-14(6-4-11)21-15-9-17-16(19-10-20-17)8-13(15)7-12(2)18/h8-9,11-12,14H,3-7,10,18H2,1-2H3. The predicted molar refractivity (Wildman–Crippen MR) is 82.0 cm³/mol. The predicted octanol–water partition coefficient (Wildman–Crippen LogP) is 3.26. The molecular formula is C17H25NO3. The van der Waals surface area contributed by atoms with Crippen LogP contribution in [0, 0.1) is 5.92 Å². The minimum absolute atomic E-state index is 0.0964. The van der Waals surface area contributed by atoms with Crippen molar-refractivity contribution in [3.8, 4) is 17.2 Å². The van der Waals surface area contributed by atoms with Gasteiger partial charge in [-0.15, -0.1) is 0 Å². The Hall–Kier alpha value is -1.42. The first kappa shape index (κ1) is 14.5. The molecule has 2 N–H and O–H groups in total. The van der Waals surface area contributed by atoms with E-state index in [2.05, 4.69) is 6.92 Å². The molecule has 1 saturated carbocycles. The molecule has 21 heavy (non-hydrogen) atoms. The van der Waals surface area contributed by atoms with E-state index in [-0.39, 0.29) is 12.8 Å². The summed E-state index contributed by atoms with van der Waals surface area (Å²) in [6.45, 7) is 4.62. The fraction of sp³-hybridized carbons (Fsp3) is 0.647. The van der Waals surface area contributed by atoms with Gasteiger partial charge in [-0.3, -0.25) is 0 Å². The lowest BCUT2D eigenvalue weighted by molar-refractivity contribution is 0.133. The molecule has 1 aromatic rings.